The molecule has 0 aliphatic heterocycles. The second kappa shape index (κ2) is 7.55. The largest absolute Gasteiger partial charge is 0.330 e. The van der Waals surface area contributed by atoms with Crippen LogP contribution in [-0.4, -0.2) is 29.7 Å². The standard InChI is InChI=1S/C16H21N5O2S/c1-12(2)10-21-15(6-7-17)19-20-16(21)24(22,23)11-14-5-3-4-13(8-14)9-18/h3-5,8,12H,6-7,10-11,17H2,1-2H3. The van der Waals surface area contributed by atoms with Crippen LogP contribution in [0.15, 0.2) is 29.4 Å². The van der Waals surface area contributed by atoms with Crippen molar-refractivity contribution in [2.75, 3.05) is 6.54 Å². The highest BCUT2D eigenvalue weighted by atomic mass is 32.2. The molecule has 0 bridgehead atoms. The lowest BCUT2D eigenvalue weighted by Crippen LogP contribution is -2.18. The Hall–Kier alpha value is -2.24. The topological polar surface area (TPSA) is 115 Å². The summed E-state index contributed by atoms with van der Waals surface area (Å²) in [4.78, 5) is 0. The monoisotopic (exact) mass is 347 g/mol. The average Bonchev–Trinajstić information content (AvgIpc) is 2.90. The van der Waals surface area contributed by atoms with Gasteiger partial charge in [-0.1, -0.05) is 26.0 Å². The van der Waals surface area contributed by atoms with Crippen molar-refractivity contribution >= 4 is 9.84 Å². The molecule has 0 aliphatic rings. The molecule has 8 heteroatoms. The molecule has 1 aromatic heterocycles. The van der Waals surface area contributed by atoms with E-state index >= 15 is 0 Å². The van der Waals surface area contributed by atoms with Gasteiger partial charge in [0.05, 0.1) is 17.4 Å². The molecule has 0 saturated heterocycles. The van der Waals surface area contributed by atoms with Crippen LogP contribution in [0.1, 0.15) is 30.8 Å². The number of hydrogen-bond acceptors (Lipinski definition) is 6. The van der Waals surface area contributed by atoms with Crippen LogP contribution in [0.3, 0.4) is 0 Å². The fourth-order valence-corrected chi connectivity index (χ4v) is 3.85. The van der Waals surface area contributed by atoms with Gasteiger partial charge in [-0.2, -0.15) is 5.26 Å². The predicted octanol–water partition coefficient (Wildman–Crippen LogP) is 1.28. The van der Waals surface area contributed by atoms with Crippen molar-refractivity contribution in [3.63, 3.8) is 0 Å². The summed E-state index contributed by atoms with van der Waals surface area (Å²) in [6.45, 7) is 4.88. The highest BCUT2D eigenvalue weighted by molar-refractivity contribution is 7.90. The van der Waals surface area contributed by atoms with Crippen molar-refractivity contribution in [1.82, 2.24) is 14.8 Å². The number of sulfone groups is 1. The number of aromatic nitrogens is 3. The first-order valence-electron chi connectivity index (χ1n) is 7.71. The molecule has 0 radical (unpaired) electrons. The van der Waals surface area contributed by atoms with Crippen molar-refractivity contribution < 1.29 is 8.42 Å². The normalized spacial score (nSPS) is 11.6. The first-order valence-corrected chi connectivity index (χ1v) is 9.36. The number of nitriles is 1. The molecule has 0 atom stereocenters. The lowest BCUT2D eigenvalue weighted by molar-refractivity contribution is 0.469. The molecular formula is C16H21N5O2S. The van der Waals surface area contributed by atoms with Gasteiger partial charge in [-0.15, -0.1) is 10.2 Å². The number of hydrogen-bond donors (Lipinski definition) is 1. The molecular weight excluding hydrogens is 326 g/mol. The first-order chi connectivity index (χ1) is 11.4. The van der Waals surface area contributed by atoms with E-state index in [0.717, 1.165) is 0 Å². The second-order valence-electron chi connectivity index (χ2n) is 6.01. The number of rotatable bonds is 7. The molecule has 2 aromatic rings. The van der Waals surface area contributed by atoms with Gasteiger partial charge in [-0.3, -0.25) is 0 Å². The molecule has 0 aliphatic carbocycles. The molecule has 0 spiro atoms. The maximum Gasteiger partial charge on any atom is 0.250 e. The lowest BCUT2D eigenvalue weighted by atomic mass is 10.2. The summed E-state index contributed by atoms with van der Waals surface area (Å²) in [6, 6.07) is 8.57. The summed E-state index contributed by atoms with van der Waals surface area (Å²) in [7, 11) is -3.67. The van der Waals surface area contributed by atoms with Gasteiger partial charge in [0.15, 0.2) is 0 Å². The van der Waals surface area contributed by atoms with Crippen LogP contribution in [0.25, 0.3) is 0 Å². The van der Waals surface area contributed by atoms with Crippen LogP contribution in [0.4, 0.5) is 0 Å². The molecule has 2 rings (SSSR count). The van der Waals surface area contributed by atoms with E-state index in [-0.39, 0.29) is 16.8 Å². The van der Waals surface area contributed by atoms with Gasteiger partial charge in [0, 0.05) is 13.0 Å². The minimum Gasteiger partial charge on any atom is -0.330 e. The zero-order chi connectivity index (χ0) is 17.7. The quantitative estimate of drug-likeness (QED) is 0.807. The fourth-order valence-electron chi connectivity index (χ4n) is 2.43. The molecule has 0 fully saturated rings. The molecule has 7 nitrogen and oxygen atoms in total. The van der Waals surface area contributed by atoms with E-state index in [0.29, 0.717) is 36.5 Å². The van der Waals surface area contributed by atoms with Crippen molar-refractivity contribution in [3.05, 3.63) is 41.2 Å². The van der Waals surface area contributed by atoms with E-state index in [2.05, 4.69) is 10.2 Å². The van der Waals surface area contributed by atoms with Crippen molar-refractivity contribution in [2.45, 2.75) is 37.7 Å². The van der Waals surface area contributed by atoms with Crippen LogP contribution in [-0.2, 0) is 28.6 Å². The number of nitrogens with zero attached hydrogens (tertiary/aromatic N) is 4. The minimum absolute atomic E-state index is 0.0398. The number of nitrogens with two attached hydrogens (primary N) is 1. The predicted molar refractivity (Wildman–Crippen MR) is 89.7 cm³/mol. The molecule has 0 amide bonds. The smallest absolute Gasteiger partial charge is 0.250 e. The summed E-state index contributed by atoms with van der Waals surface area (Å²) in [5.74, 6) is 0.602. The van der Waals surface area contributed by atoms with Crippen molar-refractivity contribution in [3.8, 4) is 6.07 Å². The Kier molecular flexibility index (Phi) is 5.70. The van der Waals surface area contributed by atoms with Gasteiger partial charge < -0.3 is 10.3 Å². The Bertz CT molecular complexity index is 850. The van der Waals surface area contributed by atoms with Crippen molar-refractivity contribution in [1.29, 1.82) is 5.26 Å². The molecule has 128 valence electrons. The average molecular weight is 347 g/mol. The molecule has 2 N–H and O–H groups in total. The number of benzene rings is 1. The van der Waals surface area contributed by atoms with Gasteiger partial charge in [0.2, 0.25) is 15.0 Å². The van der Waals surface area contributed by atoms with Gasteiger partial charge in [0.25, 0.3) is 0 Å². The van der Waals surface area contributed by atoms with Crippen LogP contribution < -0.4 is 5.73 Å². The Morgan fingerprint density at radius 3 is 2.71 bits per heavy atom. The van der Waals surface area contributed by atoms with E-state index < -0.39 is 9.84 Å². The fraction of sp³-hybridized carbons (Fsp3) is 0.438. The van der Waals surface area contributed by atoms with Crippen LogP contribution in [0, 0.1) is 17.2 Å². The Labute approximate surface area is 142 Å². The Balaban J connectivity index is 2.39. The van der Waals surface area contributed by atoms with E-state index in [1.165, 1.54) is 0 Å². The molecule has 24 heavy (non-hydrogen) atoms. The zero-order valence-electron chi connectivity index (χ0n) is 13.8. The van der Waals surface area contributed by atoms with Crippen molar-refractivity contribution in [2.24, 2.45) is 11.7 Å². The third-order valence-corrected chi connectivity index (χ3v) is 4.97. The van der Waals surface area contributed by atoms with Crippen LogP contribution >= 0.6 is 0 Å². The Morgan fingerprint density at radius 1 is 1.33 bits per heavy atom. The Morgan fingerprint density at radius 2 is 2.08 bits per heavy atom. The van der Waals surface area contributed by atoms with Gasteiger partial charge in [0.1, 0.15) is 5.82 Å². The maximum atomic E-state index is 12.8. The molecule has 1 heterocycles. The van der Waals surface area contributed by atoms with Gasteiger partial charge in [-0.25, -0.2) is 8.42 Å². The second-order valence-corrected chi connectivity index (χ2v) is 7.90. The summed E-state index contributed by atoms with van der Waals surface area (Å²) in [5.41, 5.74) is 6.55. The van der Waals surface area contributed by atoms with E-state index in [1.54, 1.807) is 28.8 Å². The van der Waals surface area contributed by atoms with Gasteiger partial charge >= 0.3 is 0 Å². The van der Waals surface area contributed by atoms with Crippen LogP contribution in [0.2, 0.25) is 0 Å². The van der Waals surface area contributed by atoms with Gasteiger partial charge in [-0.05, 0) is 30.2 Å². The third kappa shape index (κ3) is 4.19. The first kappa shape index (κ1) is 18.1. The summed E-state index contributed by atoms with van der Waals surface area (Å²) in [6.07, 6.45) is 0.471. The summed E-state index contributed by atoms with van der Waals surface area (Å²) < 4.78 is 27.2. The minimum atomic E-state index is -3.67. The van der Waals surface area contributed by atoms with Crippen LogP contribution in [0.5, 0.6) is 0 Å². The zero-order valence-corrected chi connectivity index (χ0v) is 14.6. The summed E-state index contributed by atoms with van der Waals surface area (Å²) in [5, 5.41) is 16.8. The maximum absolute atomic E-state index is 12.8. The molecule has 1 aromatic carbocycles. The molecule has 0 saturated carbocycles. The SMILES string of the molecule is CC(C)Cn1c(CCN)nnc1S(=O)(=O)Cc1cccc(C#N)c1. The third-order valence-electron chi connectivity index (χ3n) is 3.40. The lowest BCUT2D eigenvalue weighted by Gasteiger charge is -2.12. The highest BCUT2D eigenvalue weighted by Gasteiger charge is 2.25. The molecule has 0 unspecified atom stereocenters. The summed E-state index contributed by atoms with van der Waals surface area (Å²) >= 11 is 0. The highest BCUT2D eigenvalue weighted by Crippen LogP contribution is 2.18. The van der Waals surface area contributed by atoms with E-state index in [4.69, 9.17) is 11.0 Å². The van der Waals surface area contributed by atoms with E-state index in [1.807, 2.05) is 19.9 Å². The van der Waals surface area contributed by atoms with E-state index in [9.17, 15) is 8.42 Å².